The first kappa shape index (κ1) is 12.2. The number of nitrogens with zero attached hydrogens (tertiary/aromatic N) is 2. The topological polar surface area (TPSA) is 54.9 Å². The van der Waals surface area contributed by atoms with E-state index >= 15 is 0 Å². The van der Waals surface area contributed by atoms with Crippen LogP contribution in [-0.4, -0.2) is 15.9 Å². The van der Waals surface area contributed by atoms with E-state index in [1.54, 1.807) is 24.4 Å². The van der Waals surface area contributed by atoms with Crippen LogP contribution in [0, 0.1) is 5.95 Å². The molecule has 3 rings (SSSR count). The Morgan fingerprint density at radius 3 is 2.80 bits per heavy atom. The van der Waals surface area contributed by atoms with Crippen molar-refractivity contribution in [1.29, 1.82) is 0 Å². The number of anilines is 1. The molecule has 0 aliphatic heterocycles. The van der Waals surface area contributed by atoms with E-state index in [0.717, 1.165) is 10.9 Å². The molecule has 1 aromatic carbocycles. The number of rotatable bonds is 2. The molecule has 2 aromatic heterocycles. The summed E-state index contributed by atoms with van der Waals surface area (Å²) in [6.07, 6.45) is 2.97. The summed E-state index contributed by atoms with van der Waals surface area (Å²) >= 11 is 0. The van der Waals surface area contributed by atoms with Crippen molar-refractivity contribution in [1.82, 2.24) is 9.97 Å². The van der Waals surface area contributed by atoms with Crippen LogP contribution in [0.15, 0.2) is 54.9 Å². The third kappa shape index (κ3) is 2.47. The minimum Gasteiger partial charge on any atom is -0.321 e. The molecule has 1 amide bonds. The molecular formula is C15H10FN3O. The van der Waals surface area contributed by atoms with Gasteiger partial charge in [0.2, 0.25) is 5.95 Å². The third-order valence-electron chi connectivity index (χ3n) is 2.85. The molecular weight excluding hydrogens is 257 g/mol. The van der Waals surface area contributed by atoms with Gasteiger partial charge < -0.3 is 5.32 Å². The summed E-state index contributed by atoms with van der Waals surface area (Å²) in [6.45, 7) is 0. The van der Waals surface area contributed by atoms with Gasteiger partial charge in [0.1, 0.15) is 0 Å². The van der Waals surface area contributed by atoms with Gasteiger partial charge in [0.05, 0.1) is 17.4 Å². The lowest BCUT2D eigenvalue weighted by atomic mass is 10.1. The minimum absolute atomic E-state index is 0.274. The largest absolute Gasteiger partial charge is 0.321 e. The number of aromatic nitrogens is 2. The van der Waals surface area contributed by atoms with Crippen molar-refractivity contribution in [3.8, 4) is 0 Å². The fourth-order valence-corrected chi connectivity index (χ4v) is 1.87. The van der Waals surface area contributed by atoms with E-state index in [9.17, 15) is 9.18 Å². The molecule has 0 radical (unpaired) electrons. The van der Waals surface area contributed by atoms with Crippen LogP contribution < -0.4 is 5.32 Å². The number of carbonyl (C=O) groups excluding carboxylic acids is 1. The summed E-state index contributed by atoms with van der Waals surface area (Å²) in [5, 5.41) is 3.55. The summed E-state index contributed by atoms with van der Waals surface area (Å²) in [4.78, 5) is 19.8. The van der Waals surface area contributed by atoms with Crippen LogP contribution >= 0.6 is 0 Å². The molecule has 5 heteroatoms. The number of benzene rings is 1. The number of hydrogen-bond acceptors (Lipinski definition) is 3. The Morgan fingerprint density at radius 2 is 2.00 bits per heavy atom. The molecule has 0 saturated carbocycles. The van der Waals surface area contributed by atoms with E-state index in [4.69, 9.17) is 0 Å². The van der Waals surface area contributed by atoms with Crippen molar-refractivity contribution in [3.63, 3.8) is 0 Å². The SMILES string of the molecule is O=C(Nc1ccc(F)nc1)c1ccc2ncccc2c1. The number of pyridine rings is 2. The lowest BCUT2D eigenvalue weighted by Gasteiger charge is -2.05. The van der Waals surface area contributed by atoms with Crippen molar-refractivity contribution in [2.24, 2.45) is 0 Å². The van der Waals surface area contributed by atoms with Crippen LogP contribution in [0.3, 0.4) is 0 Å². The van der Waals surface area contributed by atoms with Crippen LogP contribution in [0.5, 0.6) is 0 Å². The van der Waals surface area contributed by atoms with Crippen molar-refractivity contribution < 1.29 is 9.18 Å². The molecule has 0 spiro atoms. The van der Waals surface area contributed by atoms with E-state index in [2.05, 4.69) is 15.3 Å². The lowest BCUT2D eigenvalue weighted by molar-refractivity contribution is 0.102. The van der Waals surface area contributed by atoms with E-state index < -0.39 is 5.95 Å². The smallest absolute Gasteiger partial charge is 0.255 e. The molecule has 0 aliphatic carbocycles. The molecule has 0 saturated heterocycles. The standard InChI is InChI=1S/C15H10FN3O/c16-14-6-4-12(9-18-14)19-15(20)11-3-5-13-10(8-11)2-1-7-17-13/h1-9H,(H,19,20). The summed E-state index contributed by atoms with van der Waals surface area (Å²) in [5.74, 6) is -0.857. The predicted molar refractivity (Wildman–Crippen MR) is 73.9 cm³/mol. The number of nitrogens with one attached hydrogen (secondary N) is 1. The Kier molecular flexibility index (Phi) is 3.09. The summed E-state index contributed by atoms with van der Waals surface area (Å²) in [6, 6.07) is 11.6. The number of amides is 1. The fraction of sp³-hybridized carbons (Fsp3) is 0. The van der Waals surface area contributed by atoms with Crippen molar-refractivity contribution in [2.75, 3.05) is 5.32 Å². The van der Waals surface area contributed by atoms with Gasteiger partial charge in [0, 0.05) is 17.1 Å². The summed E-state index contributed by atoms with van der Waals surface area (Å²) < 4.78 is 12.7. The van der Waals surface area contributed by atoms with Gasteiger partial charge in [-0.25, -0.2) is 4.98 Å². The molecule has 1 N–H and O–H groups in total. The maximum atomic E-state index is 12.7. The van der Waals surface area contributed by atoms with Crippen LogP contribution in [0.1, 0.15) is 10.4 Å². The molecule has 0 atom stereocenters. The normalized spacial score (nSPS) is 10.4. The maximum absolute atomic E-state index is 12.7. The molecule has 4 nitrogen and oxygen atoms in total. The highest BCUT2D eigenvalue weighted by molar-refractivity contribution is 6.06. The highest BCUT2D eigenvalue weighted by Crippen LogP contribution is 2.15. The Bertz CT molecular complexity index is 771. The van der Waals surface area contributed by atoms with Gasteiger partial charge in [0.15, 0.2) is 0 Å². The fourth-order valence-electron chi connectivity index (χ4n) is 1.87. The number of halogens is 1. The second-order valence-corrected chi connectivity index (χ2v) is 4.23. The Morgan fingerprint density at radius 1 is 1.10 bits per heavy atom. The molecule has 3 aromatic rings. The van der Waals surface area contributed by atoms with Gasteiger partial charge in [-0.3, -0.25) is 9.78 Å². The first-order chi connectivity index (χ1) is 9.72. The van der Waals surface area contributed by atoms with Gasteiger partial charge in [-0.1, -0.05) is 6.07 Å². The lowest BCUT2D eigenvalue weighted by Crippen LogP contribution is -2.12. The first-order valence-corrected chi connectivity index (χ1v) is 6.00. The van der Waals surface area contributed by atoms with Crippen LogP contribution in [0.2, 0.25) is 0 Å². The van der Waals surface area contributed by atoms with E-state index in [-0.39, 0.29) is 5.91 Å². The Hall–Kier alpha value is -2.82. The quantitative estimate of drug-likeness (QED) is 0.726. The van der Waals surface area contributed by atoms with Crippen molar-refractivity contribution >= 4 is 22.5 Å². The average molecular weight is 267 g/mol. The zero-order chi connectivity index (χ0) is 13.9. The third-order valence-corrected chi connectivity index (χ3v) is 2.85. The Balaban J connectivity index is 1.86. The zero-order valence-electron chi connectivity index (χ0n) is 10.4. The van der Waals surface area contributed by atoms with Crippen molar-refractivity contribution in [3.05, 3.63) is 66.4 Å². The van der Waals surface area contributed by atoms with Gasteiger partial charge in [-0.05, 0) is 36.4 Å². The van der Waals surface area contributed by atoms with Gasteiger partial charge >= 0.3 is 0 Å². The minimum atomic E-state index is -0.584. The highest BCUT2D eigenvalue weighted by Gasteiger charge is 2.07. The summed E-state index contributed by atoms with van der Waals surface area (Å²) in [7, 11) is 0. The molecule has 0 fully saturated rings. The molecule has 0 bridgehead atoms. The second kappa shape index (κ2) is 5.05. The number of fused-ring (bicyclic) bond motifs is 1. The first-order valence-electron chi connectivity index (χ1n) is 6.00. The van der Waals surface area contributed by atoms with Crippen LogP contribution in [0.25, 0.3) is 10.9 Å². The van der Waals surface area contributed by atoms with E-state index in [1.165, 1.54) is 18.3 Å². The highest BCUT2D eigenvalue weighted by atomic mass is 19.1. The monoisotopic (exact) mass is 267 g/mol. The maximum Gasteiger partial charge on any atom is 0.255 e. The van der Waals surface area contributed by atoms with Crippen LogP contribution in [-0.2, 0) is 0 Å². The van der Waals surface area contributed by atoms with Gasteiger partial charge in [-0.2, -0.15) is 4.39 Å². The molecule has 20 heavy (non-hydrogen) atoms. The number of carbonyl (C=O) groups is 1. The summed E-state index contributed by atoms with van der Waals surface area (Å²) in [5.41, 5.74) is 1.78. The zero-order valence-corrected chi connectivity index (χ0v) is 10.4. The molecule has 0 unspecified atom stereocenters. The van der Waals surface area contributed by atoms with Gasteiger partial charge in [0.25, 0.3) is 5.91 Å². The average Bonchev–Trinajstić information content (AvgIpc) is 2.49. The van der Waals surface area contributed by atoms with E-state index in [1.807, 2.05) is 12.1 Å². The second-order valence-electron chi connectivity index (χ2n) is 4.23. The van der Waals surface area contributed by atoms with Crippen LogP contribution in [0.4, 0.5) is 10.1 Å². The Labute approximate surface area is 114 Å². The molecule has 0 aliphatic rings. The number of hydrogen-bond donors (Lipinski definition) is 1. The van der Waals surface area contributed by atoms with Crippen molar-refractivity contribution in [2.45, 2.75) is 0 Å². The van der Waals surface area contributed by atoms with E-state index in [0.29, 0.717) is 11.3 Å². The molecule has 2 heterocycles. The molecule has 98 valence electrons. The van der Waals surface area contributed by atoms with Gasteiger partial charge in [-0.15, -0.1) is 0 Å². The predicted octanol–water partition coefficient (Wildman–Crippen LogP) is 3.02.